The third-order valence-electron chi connectivity index (χ3n) is 6.07. The second-order valence-corrected chi connectivity index (χ2v) is 9.48. The van der Waals surface area contributed by atoms with E-state index in [1.165, 1.54) is 26.2 Å². The maximum atomic E-state index is 13.7. The lowest BCUT2D eigenvalue weighted by Gasteiger charge is -2.33. The number of hydrogen-bond acceptors (Lipinski definition) is 6. The van der Waals surface area contributed by atoms with Gasteiger partial charge in [-0.3, -0.25) is 9.36 Å². The quantitative estimate of drug-likeness (QED) is 0.397. The fourth-order valence-corrected chi connectivity index (χ4v) is 4.96. The molecule has 11 heteroatoms. The zero-order valence-electron chi connectivity index (χ0n) is 19.5. The smallest absolute Gasteiger partial charge is 0.326 e. The number of aromatic amines is 1. The first kappa shape index (κ1) is 25.2. The molecule has 1 aliphatic heterocycles. The number of fused-ring (bicyclic) bond motifs is 1. The summed E-state index contributed by atoms with van der Waals surface area (Å²) in [6.07, 6.45) is 0.637. The first-order chi connectivity index (χ1) is 16.7. The van der Waals surface area contributed by atoms with Gasteiger partial charge in [-0.15, -0.1) is 0 Å². The third kappa shape index (κ3) is 5.85. The molecule has 0 saturated carbocycles. The second kappa shape index (κ2) is 10.8. The number of H-pyrrole nitrogens is 1. The van der Waals surface area contributed by atoms with Crippen molar-refractivity contribution in [3.05, 3.63) is 51.1 Å². The van der Waals surface area contributed by atoms with Crippen molar-refractivity contribution in [2.45, 2.75) is 31.9 Å². The van der Waals surface area contributed by atoms with E-state index in [1.54, 1.807) is 22.8 Å². The van der Waals surface area contributed by atoms with E-state index >= 15 is 0 Å². The van der Waals surface area contributed by atoms with Gasteiger partial charge in [0.05, 0.1) is 28.3 Å². The number of benzene rings is 2. The van der Waals surface area contributed by atoms with Crippen molar-refractivity contribution < 1.29 is 23.8 Å². The van der Waals surface area contributed by atoms with Crippen LogP contribution in [0.15, 0.2) is 39.6 Å². The van der Waals surface area contributed by atoms with Gasteiger partial charge in [-0.25, -0.2) is 9.18 Å². The van der Waals surface area contributed by atoms with E-state index in [-0.39, 0.29) is 30.1 Å². The third-order valence-corrected chi connectivity index (χ3v) is 6.69. The van der Waals surface area contributed by atoms with Crippen LogP contribution in [0.3, 0.4) is 0 Å². The van der Waals surface area contributed by atoms with Gasteiger partial charge >= 0.3 is 5.69 Å². The van der Waals surface area contributed by atoms with E-state index in [0.29, 0.717) is 65.2 Å². The summed E-state index contributed by atoms with van der Waals surface area (Å²) >= 11 is 3.39. The van der Waals surface area contributed by atoms with Crippen LogP contribution in [0.2, 0.25) is 0 Å². The lowest BCUT2D eigenvalue weighted by Crippen LogP contribution is -2.42. The molecule has 188 valence electrons. The Morgan fingerprint density at radius 1 is 1.29 bits per heavy atom. The summed E-state index contributed by atoms with van der Waals surface area (Å²) in [7, 11) is 1.53. The largest absolute Gasteiger partial charge is 0.495 e. The Balaban J connectivity index is 1.34. The number of anilines is 1. The number of aromatic nitrogens is 2. The molecule has 1 aromatic heterocycles. The minimum absolute atomic E-state index is 0.0263. The molecule has 35 heavy (non-hydrogen) atoms. The number of rotatable bonds is 8. The highest BCUT2D eigenvalue weighted by Crippen LogP contribution is 2.36. The van der Waals surface area contributed by atoms with Crippen LogP contribution in [0.4, 0.5) is 10.1 Å². The number of aliphatic hydroxyl groups excluding tert-OH is 1. The Bertz CT molecular complexity index is 1270. The molecule has 3 N–H and O–H groups in total. The number of halogens is 2. The molecule has 9 nitrogen and oxygen atoms in total. The average molecular weight is 551 g/mol. The molecule has 0 aliphatic carbocycles. The first-order valence-electron chi connectivity index (χ1n) is 11.3. The standard InChI is InChI=1S/C24H28BrFN4O5/c1-14(31)27-20-10-18(25)22(34-2)11-23(20)35-13-17(32)12-29-7-5-16(6-8-29)30-21-9-15(26)3-4-19(21)28-24(30)33/h3-4,9-11,16-17,32H,5-8,12-13H2,1-2H3,(H,27,31)(H,28,33)/t17-/m0/s1. The van der Waals surface area contributed by atoms with E-state index in [2.05, 4.69) is 31.1 Å². The number of aliphatic hydroxyl groups is 1. The summed E-state index contributed by atoms with van der Waals surface area (Å²) in [5, 5.41) is 13.3. The molecule has 3 aromatic rings. The van der Waals surface area contributed by atoms with E-state index in [1.807, 2.05) is 0 Å². The van der Waals surface area contributed by atoms with Crippen molar-refractivity contribution in [3.8, 4) is 11.5 Å². The molecule has 1 amide bonds. The van der Waals surface area contributed by atoms with Crippen molar-refractivity contribution in [2.24, 2.45) is 0 Å². The average Bonchev–Trinajstić information content (AvgIpc) is 3.13. The number of nitrogens with zero attached hydrogens (tertiary/aromatic N) is 2. The molecule has 0 unspecified atom stereocenters. The van der Waals surface area contributed by atoms with Crippen LogP contribution in [0, 0.1) is 5.82 Å². The van der Waals surface area contributed by atoms with Crippen molar-refractivity contribution in [1.29, 1.82) is 0 Å². The van der Waals surface area contributed by atoms with Gasteiger partial charge in [-0.2, -0.15) is 0 Å². The topological polar surface area (TPSA) is 109 Å². The van der Waals surface area contributed by atoms with Gasteiger partial charge < -0.3 is 29.8 Å². The molecule has 0 radical (unpaired) electrons. The summed E-state index contributed by atoms with van der Waals surface area (Å²) < 4.78 is 27.2. The number of hydrogen-bond donors (Lipinski definition) is 3. The summed E-state index contributed by atoms with van der Waals surface area (Å²) in [4.78, 5) is 28.9. The lowest BCUT2D eigenvalue weighted by molar-refractivity contribution is -0.114. The monoisotopic (exact) mass is 550 g/mol. The number of piperidine rings is 1. The number of carbonyl (C=O) groups is 1. The normalized spacial score (nSPS) is 15.8. The highest BCUT2D eigenvalue weighted by atomic mass is 79.9. The van der Waals surface area contributed by atoms with Crippen molar-refractivity contribution in [2.75, 3.05) is 38.7 Å². The number of likely N-dealkylation sites (tertiary alicyclic amines) is 1. The zero-order valence-corrected chi connectivity index (χ0v) is 21.1. The van der Waals surface area contributed by atoms with Crippen LogP contribution in [0.25, 0.3) is 11.0 Å². The molecular formula is C24H28BrFN4O5. The van der Waals surface area contributed by atoms with Gasteiger partial charge in [-0.1, -0.05) is 0 Å². The predicted octanol–water partition coefficient (Wildman–Crippen LogP) is 3.28. The van der Waals surface area contributed by atoms with Gasteiger partial charge in [0.15, 0.2) is 0 Å². The van der Waals surface area contributed by atoms with E-state index in [4.69, 9.17) is 9.47 Å². The van der Waals surface area contributed by atoms with Crippen LogP contribution in [-0.4, -0.2) is 64.9 Å². The summed E-state index contributed by atoms with van der Waals surface area (Å²) in [6.45, 7) is 3.19. The van der Waals surface area contributed by atoms with Crippen molar-refractivity contribution >= 4 is 38.6 Å². The van der Waals surface area contributed by atoms with E-state index in [0.717, 1.165) is 0 Å². The minimum atomic E-state index is -0.767. The van der Waals surface area contributed by atoms with Crippen LogP contribution >= 0.6 is 15.9 Å². The highest BCUT2D eigenvalue weighted by molar-refractivity contribution is 9.10. The number of β-amino-alcohol motifs (C(OH)–C–C–N with tert-alkyl or cyclic N) is 1. The molecule has 1 saturated heterocycles. The molecule has 0 spiro atoms. The molecule has 0 bridgehead atoms. The first-order valence-corrected chi connectivity index (χ1v) is 12.1. The van der Waals surface area contributed by atoms with Gasteiger partial charge in [0.25, 0.3) is 0 Å². The fourth-order valence-electron chi connectivity index (χ4n) is 4.45. The Hall–Kier alpha value is -2.89. The Labute approximate surface area is 210 Å². The lowest BCUT2D eigenvalue weighted by atomic mass is 10.0. The van der Waals surface area contributed by atoms with Crippen LogP contribution in [-0.2, 0) is 4.79 Å². The second-order valence-electron chi connectivity index (χ2n) is 8.62. The molecule has 2 aromatic carbocycles. The van der Waals surface area contributed by atoms with Gasteiger partial charge in [0, 0.05) is 38.7 Å². The summed E-state index contributed by atoms with van der Waals surface area (Å²) in [5.74, 6) is 0.310. The molecular weight excluding hydrogens is 523 g/mol. The summed E-state index contributed by atoms with van der Waals surface area (Å²) in [6, 6.07) is 7.58. The van der Waals surface area contributed by atoms with E-state index < -0.39 is 6.10 Å². The van der Waals surface area contributed by atoms with Gasteiger partial charge in [0.2, 0.25) is 5.91 Å². The maximum absolute atomic E-state index is 13.7. The molecule has 1 aliphatic rings. The Kier molecular flexibility index (Phi) is 7.78. The Morgan fingerprint density at radius 2 is 2.03 bits per heavy atom. The number of imidazole rings is 1. The molecule has 2 heterocycles. The van der Waals surface area contributed by atoms with Crippen molar-refractivity contribution in [1.82, 2.24) is 14.5 Å². The fraction of sp³-hybridized carbons (Fsp3) is 0.417. The van der Waals surface area contributed by atoms with Crippen LogP contribution in [0.5, 0.6) is 11.5 Å². The van der Waals surface area contributed by atoms with E-state index in [9.17, 15) is 19.1 Å². The van der Waals surface area contributed by atoms with Gasteiger partial charge in [-0.05, 0) is 53.0 Å². The summed E-state index contributed by atoms with van der Waals surface area (Å²) in [5.41, 5.74) is 1.42. The maximum Gasteiger partial charge on any atom is 0.326 e. The molecule has 1 fully saturated rings. The number of ether oxygens (including phenoxy) is 2. The van der Waals surface area contributed by atoms with Crippen molar-refractivity contribution in [3.63, 3.8) is 0 Å². The molecule has 4 rings (SSSR count). The highest BCUT2D eigenvalue weighted by Gasteiger charge is 2.25. The molecule has 1 atom stereocenters. The predicted molar refractivity (Wildman–Crippen MR) is 134 cm³/mol. The van der Waals surface area contributed by atoms with Crippen LogP contribution < -0.4 is 20.5 Å². The number of methoxy groups -OCH3 is 1. The van der Waals surface area contributed by atoms with Crippen LogP contribution in [0.1, 0.15) is 25.8 Å². The number of carbonyl (C=O) groups excluding carboxylic acids is 1. The zero-order chi connectivity index (χ0) is 25.1. The number of nitrogens with one attached hydrogen (secondary N) is 2. The van der Waals surface area contributed by atoms with Gasteiger partial charge in [0.1, 0.15) is 30.0 Å². The number of amides is 1. The minimum Gasteiger partial charge on any atom is -0.495 e. The Morgan fingerprint density at radius 3 is 2.71 bits per heavy atom. The SMILES string of the molecule is COc1cc(OC[C@@H](O)CN2CCC(n3c(=O)[nH]c4ccc(F)cc43)CC2)c(NC(C)=O)cc1Br.